The van der Waals surface area contributed by atoms with E-state index in [9.17, 15) is 9.59 Å². The number of rotatable bonds is 4. The van der Waals surface area contributed by atoms with Gasteiger partial charge in [0.1, 0.15) is 5.69 Å². The van der Waals surface area contributed by atoms with Crippen LogP contribution in [0.2, 0.25) is 0 Å². The van der Waals surface area contributed by atoms with E-state index >= 15 is 0 Å². The van der Waals surface area contributed by atoms with E-state index in [-0.39, 0.29) is 23.6 Å². The van der Waals surface area contributed by atoms with Crippen LogP contribution in [0.3, 0.4) is 0 Å². The molecule has 128 valence electrons. The van der Waals surface area contributed by atoms with Crippen LogP contribution in [0.5, 0.6) is 0 Å². The maximum Gasteiger partial charge on any atom is 0.358 e. The van der Waals surface area contributed by atoms with Gasteiger partial charge in [0.15, 0.2) is 5.69 Å². The van der Waals surface area contributed by atoms with Crippen molar-refractivity contribution in [3.8, 4) is 0 Å². The molecule has 0 saturated carbocycles. The first kappa shape index (κ1) is 16.6. The monoisotopic (exact) mass is 349 g/mol. The third-order valence-corrected chi connectivity index (χ3v) is 5.31. The molecular weight excluding hydrogens is 330 g/mol. The lowest BCUT2D eigenvalue weighted by Crippen LogP contribution is -2.39. The first-order valence-electron chi connectivity index (χ1n) is 7.85. The lowest BCUT2D eigenvalue weighted by Gasteiger charge is -2.31. The second-order valence-electron chi connectivity index (χ2n) is 6.13. The molecule has 3 heterocycles. The van der Waals surface area contributed by atoms with Crippen molar-refractivity contribution in [3.63, 3.8) is 0 Å². The topological polar surface area (TPSA) is 101 Å². The van der Waals surface area contributed by atoms with E-state index in [0.29, 0.717) is 18.8 Å². The highest BCUT2D eigenvalue weighted by Crippen LogP contribution is 2.27. The predicted molar refractivity (Wildman–Crippen MR) is 87.4 cm³/mol. The number of amides is 1. The highest BCUT2D eigenvalue weighted by molar-refractivity contribution is 7.10. The Bertz CT molecular complexity index is 746. The molecule has 24 heavy (non-hydrogen) atoms. The van der Waals surface area contributed by atoms with E-state index in [4.69, 9.17) is 5.11 Å². The third kappa shape index (κ3) is 3.16. The van der Waals surface area contributed by atoms with Crippen molar-refractivity contribution >= 4 is 23.2 Å². The van der Waals surface area contributed by atoms with Gasteiger partial charge >= 0.3 is 5.97 Å². The van der Waals surface area contributed by atoms with Gasteiger partial charge in [0.05, 0.1) is 17.7 Å². The minimum Gasteiger partial charge on any atom is -0.476 e. The molecule has 0 spiro atoms. The molecule has 1 saturated heterocycles. The summed E-state index contributed by atoms with van der Waals surface area (Å²) in [5, 5.41) is 16.4. The van der Waals surface area contributed by atoms with E-state index in [1.807, 2.05) is 4.90 Å². The highest BCUT2D eigenvalue weighted by atomic mass is 32.1. The summed E-state index contributed by atoms with van der Waals surface area (Å²) in [6, 6.07) is 0.0645. The molecule has 2 aromatic rings. The number of aromatic nitrogens is 4. The summed E-state index contributed by atoms with van der Waals surface area (Å²) >= 11 is 1.52. The Balaban J connectivity index is 1.65. The van der Waals surface area contributed by atoms with Gasteiger partial charge in [-0.2, -0.15) is 0 Å². The number of piperidine rings is 1. The largest absolute Gasteiger partial charge is 0.476 e. The van der Waals surface area contributed by atoms with Crippen LogP contribution in [-0.4, -0.2) is 55.0 Å². The van der Waals surface area contributed by atoms with Crippen LogP contribution in [0.25, 0.3) is 0 Å². The van der Waals surface area contributed by atoms with E-state index in [2.05, 4.69) is 29.1 Å². The van der Waals surface area contributed by atoms with Crippen LogP contribution in [0.4, 0.5) is 0 Å². The van der Waals surface area contributed by atoms with Gasteiger partial charge in [-0.15, -0.1) is 16.4 Å². The van der Waals surface area contributed by atoms with Gasteiger partial charge in [0, 0.05) is 18.0 Å². The fraction of sp³-hybridized carbons (Fsp3) is 0.533. The Morgan fingerprint density at radius 1 is 1.33 bits per heavy atom. The number of likely N-dealkylation sites (tertiary alicyclic amines) is 1. The van der Waals surface area contributed by atoms with Crippen molar-refractivity contribution in [2.24, 2.45) is 0 Å². The molecule has 2 aromatic heterocycles. The third-order valence-electron chi connectivity index (χ3n) is 4.18. The number of hydrogen-bond acceptors (Lipinski definition) is 6. The summed E-state index contributed by atoms with van der Waals surface area (Å²) < 4.78 is 1.59. The molecule has 0 aromatic carbocycles. The maximum absolute atomic E-state index is 12.7. The van der Waals surface area contributed by atoms with E-state index in [0.717, 1.165) is 17.7 Å². The molecule has 0 unspecified atom stereocenters. The number of aromatic carboxylic acids is 1. The first-order valence-corrected chi connectivity index (χ1v) is 8.73. The minimum absolute atomic E-state index is 0.0248. The zero-order valence-corrected chi connectivity index (χ0v) is 14.4. The Labute approximate surface area is 143 Å². The Kier molecular flexibility index (Phi) is 4.61. The average molecular weight is 349 g/mol. The predicted octanol–water partition coefficient (Wildman–Crippen LogP) is 2.03. The van der Waals surface area contributed by atoms with E-state index in [1.165, 1.54) is 17.5 Å². The molecule has 1 fully saturated rings. The van der Waals surface area contributed by atoms with Gasteiger partial charge in [0.2, 0.25) is 0 Å². The zero-order chi connectivity index (χ0) is 17.3. The summed E-state index contributed by atoms with van der Waals surface area (Å²) in [7, 11) is 0. The van der Waals surface area contributed by atoms with Crippen LogP contribution in [0, 0.1) is 0 Å². The molecule has 0 aliphatic carbocycles. The number of nitrogens with zero attached hydrogens (tertiary/aromatic N) is 5. The molecule has 1 aliphatic rings. The van der Waals surface area contributed by atoms with Crippen LogP contribution < -0.4 is 0 Å². The first-order chi connectivity index (χ1) is 11.5. The number of hydrogen-bond donors (Lipinski definition) is 1. The minimum atomic E-state index is -1.08. The van der Waals surface area contributed by atoms with Gasteiger partial charge in [-0.25, -0.2) is 14.5 Å². The summed E-state index contributed by atoms with van der Waals surface area (Å²) in [4.78, 5) is 30.6. The zero-order valence-electron chi connectivity index (χ0n) is 13.5. The molecule has 1 N–H and O–H groups in total. The van der Waals surface area contributed by atoms with Crippen molar-refractivity contribution in [2.75, 3.05) is 13.1 Å². The normalized spacial score (nSPS) is 15.9. The average Bonchev–Trinajstić information content (AvgIpc) is 3.23. The molecule has 0 bridgehead atoms. The Hall–Kier alpha value is -2.29. The second-order valence-corrected chi connectivity index (χ2v) is 7.02. The molecule has 3 rings (SSSR count). The van der Waals surface area contributed by atoms with Crippen LogP contribution in [0.1, 0.15) is 64.5 Å². The van der Waals surface area contributed by atoms with Crippen molar-refractivity contribution in [1.82, 2.24) is 24.9 Å². The van der Waals surface area contributed by atoms with Crippen molar-refractivity contribution in [3.05, 3.63) is 28.0 Å². The quantitative estimate of drug-likeness (QED) is 0.906. The number of carbonyl (C=O) groups excluding carboxylic acids is 1. The lowest BCUT2D eigenvalue weighted by atomic mass is 10.0. The summed E-state index contributed by atoms with van der Waals surface area (Å²) in [6.07, 6.45) is 2.88. The van der Waals surface area contributed by atoms with Gasteiger partial charge in [-0.05, 0) is 18.8 Å². The summed E-state index contributed by atoms with van der Waals surface area (Å²) in [5.74, 6) is -0.833. The fourth-order valence-electron chi connectivity index (χ4n) is 2.86. The molecule has 9 heteroatoms. The highest BCUT2D eigenvalue weighted by Gasteiger charge is 2.28. The molecule has 8 nitrogen and oxygen atoms in total. The fourth-order valence-corrected chi connectivity index (χ4v) is 3.66. The van der Waals surface area contributed by atoms with Crippen molar-refractivity contribution in [2.45, 2.75) is 38.6 Å². The summed E-state index contributed by atoms with van der Waals surface area (Å²) in [6.45, 7) is 5.31. The number of carboxylic acids is 1. The molecular formula is C15H19N5O3S. The van der Waals surface area contributed by atoms with Crippen molar-refractivity contribution < 1.29 is 14.7 Å². The smallest absolute Gasteiger partial charge is 0.358 e. The molecule has 0 atom stereocenters. The molecule has 0 radical (unpaired) electrons. The van der Waals surface area contributed by atoms with Gasteiger partial charge in [0.25, 0.3) is 5.91 Å². The van der Waals surface area contributed by atoms with Gasteiger partial charge in [-0.1, -0.05) is 19.1 Å². The molecule has 1 amide bonds. The van der Waals surface area contributed by atoms with Crippen LogP contribution >= 0.6 is 11.3 Å². The number of carbonyl (C=O) groups is 2. The van der Waals surface area contributed by atoms with Gasteiger partial charge < -0.3 is 10.0 Å². The number of thiazole rings is 1. The second kappa shape index (κ2) is 6.68. The Morgan fingerprint density at radius 2 is 2.04 bits per heavy atom. The number of carboxylic acid groups (broad SMARTS) is 1. The van der Waals surface area contributed by atoms with Crippen LogP contribution in [0.15, 0.2) is 11.7 Å². The SMILES string of the molecule is CC(C)c1scnc1C(=O)N1CCC(n2cc(C(=O)O)nn2)CC1. The summed E-state index contributed by atoms with van der Waals surface area (Å²) in [5.41, 5.74) is 2.22. The van der Waals surface area contributed by atoms with Crippen molar-refractivity contribution in [1.29, 1.82) is 0 Å². The molecule has 1 aliphatic heterocycles. The lowest BCUT2D eigenvalue weighted by molar-refractivity contribution is 0.0679. The van der Waals surface area contributed by atoms with E-state index in [1.54, 1.807) is 10.2 Å². The Morgan fingerprint density at radius 3 is 2.62 bits per heavy atom. The van der Waals surface area contributed by atoms with E-state index < -0.39 is 5.97 Å². The van der Waals surface area contributed by atoms with Crippen LogP contribution in [-0.2, 0) is 0 Å². The van der Waals surface area contributed by atoms with Gasteiger partial charge in [-0.3, -0.25) is 4.79 Å². The maximum atomic E-state index is 12.7. The standard InChI is InChI=1S/C15H19N5O3S/c1-9(2)13-12(16-8-24-13)14(21)19-5-3-10(4-6-19)20-7-11(15(22)23)17-18-20/h7-10H,3-6H2,1-2H3,(H,22,23).